The number of benzene rings is 1. The van der Waals surface area contributed by atoms with Gasteiger partial charge in [-0.25, -0.2) is 0 Å². The number of nitrogens with two attached hydrogens (primary N) is 2. The number of aliphatic hydroxyl groups excluding tert-OH is 1. The van der Waals surface area contributed by atoms with Crippen molar-refractivity contribution in [2.45, 2.75) is 6.10 Å². The Labute approximate surface area is 79.5 Å². The molecule has 0 fully saturated rings. The maximum absolute atomic E-state index is 9.41. The molecule has 0 saturated carbocycles. The van der Waals surface area contributed by atoms with Gasteiger partial charge >= 0.3 is 0 Å². The molecule has 0 aliphatic heterocycles. The van der Waals surface area contributed by atoms with Crippen LogP contribution >= 0.6 is 15.9 Å². The van der Waals surface area contributed by atoms with E-state index < -0.39 is 6.10 Å². The maximum atomic E-state index is 9.41. The molecule has 1 atom stereocenters. The minimum atomic E-state index is -0.678. The molecule has 1 aromatic rings. The Morgan fingerprint density at radius 3 is 2.75 bits per heavy atom. The van der Waals surface area contributed by atoms with Gasteiger partial charge < -0.3 is 16.6 Å². The molecule has 1 rings (SSSR count). The molecule has 66 valence electrons. The van der Waals surface area contributed by atoms with Gasteiger partial charge in [-0.3, -0.25) is 0 Å². The van der Waals surface area contributed by atoms with Gasteiger partial charge in [-0.05, 0) is 18.2 Å². The van der Waals surface area contributed by atoms with E-state index in [1.54, 1.807) is 12.1 Å². The van der Waals surface area contributed by atoms with Crippen LogP contribution in [-0.2, 0) is 0 Å². The number of aliphatic hydroxyl groups is 1. The first kappa shape index (κ1) is 9.51. The van der Waals surface area contributed by atoms with Gasteiger partial charge in [0.25, 0.3) is 0 Å². The lowest BCUT2D eigenvalue weighted by Gasteiger charge is -2.10. The Morgan fingerprint density at radius 2 is 2.17 bits per heavy atom. The van der Waals surface area contributed by atoms with Crippen LogP contribution in [0.25, 0.3) is 0 Å². The fourth-order valence-corrected chi connectivity index (χ4v) is 1.34. The minimum Gasteiger partial charge on any atom is -0.398 e. The molecule has 5 N–H and O–H groups in total. The topological polar surface area (TPSA) is 72.3 Å². The summed E-state index contributed by atoms with van der Waals surface area (Å²) < 4.78 is 0.888. The summed E-state index contributed by atoms with van der Waals surface area (Å²) in [6.45, 7) is 0.181. The lowest BCUT2D eigenvalue weighted by molar-refractivity contribution is 0.187. The second kappa shape index (κ2) is 3.89. The van der Waals surface area contributed by atoms with E-state index in [1.807, 2.05) is 6.07 Å². The molecule has 0 aromatic heterocycles. The van der Waals surface area contributed by atoms with Crippen molar-refractivity contribution in [3.8, 4) is 0 Å². The van der Waals surface area contributed by atoms with Gasteiger partial charge in [0, 0.05) is 22.3 Å². The monoisotopic (exact) mass is 230 g/mol. The van der Waals surface area contributed by atoms with Gasteiger partial charge in [0.2, 0.25) is 0 Å². The SMILES string of the molecule is NCC(O)c1cc(Br)ccc1N. The average molecular weight is 231 g/mol. The van der Waals surface area contributed by atoms with E-state index in [0.29, 0.717) is 11.3 Å². The molecule has 0 saturated heterocycles. The van der Waals surface area contributed by atoms with Crippen LogP contribution < -0.4 is 11.5 Å². The molecule has 12 heavy (non-hydrogen) atoms. The highest BCUT2D eigenvalue weighted by Gasteiger charge is 2.08. The van der Waals surface area contributed by atoms with Crippen molar-refractivity contribution in [3.05, 3.63) is 28.2 Å². The smallest absolute Gasteiger partial charge is 0.0932 e. The molecular formula is C8H11BrN2O. The quantitative estimate of drug-likeness (QED) is 0.665. The van der Waals surface area contributed by atoms with E-state index in [1.165, 1.54) is 0 Å². The number of nitrogen functional groups attached to an aromatic ring is 1. The zero-order valence-electron chi connectivity index (χ0n) is 6.50. The molecule has 1 unspecified atom stereocenters. The highest BCUT2D eigenvalue weighted by molar-refractivity contribution is 9.10. The van der Waals surface area contributed by atoms with Gasteiger partial charge in [0.05, 0.1) is 6.10 Å². The van der Waals surface area contributed by atoms with Crippen LogP contribution in [0.15, 0.2) is 22.7 Å². The van der Waals surface area contributed by atoms with Crippen molar-refractivity contribution >= 4 is 21.6 Å². The highest BCUT2D eigenvalue weighted by atomic mass is 79.9. The Balaban J connectivity index is 3.04. The normalized spacial score (nSPS) is 12.9. The zero-order chi connectivity index (χ0) is 9.14. The number of rotatable bonds is 2. The molecule has 0 amide bonds. The standard InChI is InChI=1S/C8H11BrN2O/c9-5-1-2-7(11)6(3-5)8(12)4-10/h1-3,8,12H,4,10-11H2. The Kier molecular flexibility index (Phi) is 3.08. The summed E-state index contributed by atoms with van der Waals surface area (Å²) in [4.78, 5) is 0. The van der Waals surface area contributed by atoms with Gasteiger partial charge in [0.15, 0.2) is 0 Å². The number of hydrogen-bond acceptors (Lipinski definition) is 3. The number of hydrogen-bond donors (Lipinski definition) is 3. The zero-order valence-corrected chi connectivity index (χ0v) is 8.08. The second-order valence-electron chi connectivity index (χ2n) is 2.52. The number of anilines is 1. The summed E-state index contributed by atoms with van der Waals surface area (Å²) in [7, 11) is 0. The second-order valence-corrected chi connectivity index (χ2v) is 3.44. The van der Waals surface area contributed by atoms with E-state index in [0.717, 1.165) is 4.47 Å². The molecule has 0 aliphatic carbocycles. The van der Waals surface area contributed by atoms with Gasteiger partial charge in [-0.15, -0.1) is 0 Å². The summed E-state index contributed by atoms with van der Waals surface area (Å²) in [6, 6.07) is 5.33. The first-order valence-electron chi connectivity index (χ1n) is 3.58. The lowest BCUT2D eigenvalue weighted by atomic mass is 10.1. The molecule has 0 bridgehead atoms. The molecule has 0 radical (unpaired) electrons. The van der Waals surface area contributed by atoms with Crippen LogP contribution in [0.3, 0.4) is 0 Å². The molecule has 4 heteroatoms. The summed E-state index contributed by atoms with van der Waals surface area (Å²) in [5.41, 5.74) is 12.2. The molecule has 0 spiro atoms. The van der Waals surface area contributed by atoms with Crippen LogP contribution in [0.5, 0.6) is 0 Å². The molecule has 1 aromatic carbocycles. The predicted octanol–water partition coefficient (Wildman–Crippen LogP) is 1.02. The summed E-state index contributed by atoms with van der Waals surface area (Å²) >= 11 is 3.29. The van der Waals surface area contributed by atoms with Crippen molar-refractivity contribution < 1.29 is 5.11 Å². The van der Waals surface area contributed by atoms with Crippen LogP contribution in [0.2, 0.25) is 0 Å². The van der Waals surface area contributed by atoms with E-state index in [4.69, 9.17) is 11.5 Å². The molecular weight excluding hydrogens is 220 g/mol. The maximum Gasteiger partial charge on any atom is 0.0932 e. The van der Waals surface area contributed by atoms with Crippen molar-refractivity contribution in [2.75, 3.05) is 12.3 Å². The largest absolute Gasteiger partial charge is 0.398 e. The third-order valence-corrected chi connectivity index (χ3v) is 2.12. The van der Waals surface area contributed by atoms with Crippen molar-refractivity contribution in [1.82, 2.24) is 0 Å². The first-order valence-corrected chi connectivity index (χ1v) is 4.37. The van der Waals surface area contributed by atoms with Gasteiger partial charge in [0.1, 0.15) is 0 Å². The summed E-state index contributed by atoms with van der Waals surface area (Å²) in [6.07, 6.45) is -0.678. The summed E-state index contributed by atoms with van der Waals surface area (Å²) in [5.74, 6) is 0. The van der Waals surface area contributed by atoms with E-state index in [-0.39, 0.29) is 6.54 Å². The van der Waals surface area contributed by atoms with Gasteiger partial charge in [-0.1, -0.05) is 15.9 Å². The van der Waals surface area contributed by atoms with Crippen LogP contribution in [0, 0.1) is 0 Å². The third-order valence-electron chi connectivity index (χ3n) is 1.63. The third kappa shape index (κ3) is 1.97. The fourth-order valence-electron chi connectivity index (χ4n) is 0.961. The van der Waals surface area contributed by atoms with Crippen LogP contribution in [-0.4, -0.2) is 11.7 Å². The van der Waals surface area contributed by atoms with E-state index >= 15 is 0 Å². The van der Waals surface area contributed by atoms with Crippen molar-refractivity contribution in [3.63, 3.8) is 0 Å². The van der Waals surface area contributed by atoms with Crippen LogP contribution in [0.4, 0.5) is 5.69 Å². The fraction of sp³-hybridized carbons (Fsp3) is 0.250. The molecule has 0 aliphatic rings. The highest BCUT2D eigenvalue weighted by Crippen LogP contribution is 2.23. The number of halogens is 1. The Hall–Kier alpha value is -0.580. The molecule has 3 nitrogen and oxygen atoms in total. The Morgan fingerprint density at radius 1 is 1.50 bits per heavy atom. The lowest BCUT2D eigenvalue weighted by Crippen LogP contribution is -2.13. The van der Waals surface area contributed by atoms with Crippen LogP contribution in [0.1, 0.15) is 11.7 Å². The molecule has 0 heterocycles. The predicted molar refractivity (Wildman–Crippen MR) is 52.6 cm³/mol. The van der Waals surface area contributed by atoms with Gasteiger partial charge in [-0.2, -0.15) is 0 Å². The van der Waals surface area contributed by atoms with Crippen molar-refractivity contribution in [1.29, 1.82) is 0 Å². The van der Waals surface area contributed by atoms with E-state index in [2.05, 4.69) is 15.9 Å². The Bertz CT molecular complexity index is 278. The summed E-state index contributed by atoms with van der Waals surface area (Å²) in [5, 5.41) is 9.41. The average Bonchev–Trinajstić information content (AvgIpc) is 2.08. The minimum absolute atomic E-state index is 0.181. The first-order chi connectivity index (χ1) is 5.65. The van der Waals surface area contributed by atoms with E-state index in [9.17, 15) is 5.11 Å². The van der Waals surface area contributed by atoms with Crippen molar-refractivity contribution in [2.24, 2.45) is 5.73 Å².